The molecule has 0 aliphatic carbocycles. The van der Waals surface area contributed by atoms with E-state index >= 15 is 0 Å². The Labute approximate surface area is 116 Å². The van der Waals surface area contributed by atoms with E-state index in [-0.39, 0.29) is 18.6 Å². The fourth-order valence-corrected chi connectivity index (χ4v) is 3.17. The predicted molar refractivity (Wildman–Crippen MR) is 77.5 cm³/mol. The number of thiazole rings is 1. The van der Waals surface area contributed by atoms with Gasteiger partial charge >= 0.3 is 5.97 Å². The molecule has 1 aromatic heterocycles. The SMILES string of the molecule is CC(C)N(CC(=O)O)C(C)c1nc2ccccc2s1. The number of hydrogen-bond acceptors (Lipinski definition) is 4. The molecule has 0 spiro atoms. The van der Waals surface area contributed by atoms with Crippen LogP contribution in [0.2, 0.25) is 0 Å². The minimum absolute atomic E-state index is 0.00787. The van der Waals surface area contributed by atoms with Crippen molar-refractivity contribution in [3.8, 4) is 0 Å². The van der Waals surface area contributed by atoms with Crippen molar-refractivity contribution in [2.45, 2.75) is 32.9 Å². The van der Waals surface area contributed by atoms with E-state index < -0.39 is 5.97 Å². The molecule has 1 heterocycles. The molecule has 102 valence electrons. The van der Waals surface area contributed by atoms with E-state index in [9.17, 15) is 4.79 Å². The zero-order valence-corrected chi connectivity index (χ0v) is 12.1. The van der Waals surface area contributed by atoms with Crippen molar-refractivity contribution < 1.29 is 9.90 Å². The first-order valence-corrected chi connectivity index (χ1v) is 7.13. The van der Waals surface area contributed by atoms with Gasteiger partial charge in [-0.15, -0.1) is 11.3 Å². The van der Waals surface area contributed by atoms with Gasteiger partial charge < -0.3 is 5.11 Å². The van der Waals surface area contributed by atoms with Crippen LogP contribution in [0.1, 0.15) is 31.8 Å². The Morgan fingerprint density at radius 1 is 1.37 bits per heavy atom. The van der Waals surface area contributed by atoms with E-state index in [1.165, 1.54) is 0 Å². The van der Waals surface area contributed by atoms with E-state index in [0.717, 1.165) is 15.2 Å². The highest BCUT2D eigenvalue weighted by atomic mass is 32.1. The molecular weight excluding hydrogens is 260 g/mol. The molecule has 2 rings (SSSR count). The molecule has 1 atom stereocenters. The van der Waals surface area contributed by atoms with Crippen molar-refractivity contribution in [3.63, 3.8) is 0 Å². The Morgan fingerprint density at radius 2 is 2.05 bits per heavy atom. The second-order valence-electron chi connectivity index (χ2n) is 4.86. The van der Waals surface area contributed by atoms with Crippen molar-refractivity contribution in [2.24, 2.45) is 0 Å². The second kappa shape index (κ2) is 5.67. The number of benzene rings is 1. The first-order chi connectivity index (χ1) is 8.99. The molecule has 1 N–H and O–H groups in total. The van der Waals surface area contributed by atoms with Crippen LogP contribution in [0.15, 0.2) is 24.3 Å². The van der Waals surface area contributed by atoms with Gasteiger partial charge in [0.15, 0.2) is 0 Å². The molecule has 0 saturated heterocycles. The number of hydrogen-bond donors (Lipinski definition) is 1. The largest absolute Gasteiger partial charge is 0.480 e. The van der Waals surface area contributed by atoms with Gasteiger partial charge in [-0.2, -0.15) is 0 Å². The van der Waals surface area contributed by atoms with E-state index in [1.54, 1.807) is 11.3 Å². The molecular formula is C14H18N2O2S. The maximum absolute atomic E-state index is 11.0. The number of carboxylic acid groups (broad SMARTS) is 1. The first kappa shape index (κ1) is 14.0. The van der Waals surface area contributed by atoms with Gasteiger partial charge in [0.1, 0.15) is 5.01 Å². The molecule has 0 amide bonds. The summed E-state index contributed by atoms with van der Waals surface area (Å²) in [6, 6.07) is 8.16. The number of carboxylic acids is 1. The minimum Gasteiger partial charge on any atom is -0.480 e. The highest BCUT2D eigenvalue weighted by Crippen LogP contribution is 2.30. The zero-order valence-electron chi connectivity index (χ0n) is 11.3. The molecule has 19 heavy (non-hydrogen) atoms. The number of carbonyl (C=O) groups is 1. The van der Waals surface area contributed by atoms with Crippen molar-refractivity contribution >= 4 is 27.5 Å². The Bertz CT molecular complexity index is 547. The maximum Gasteiger partial charge on any atom is 0.317 e. The number of rotatable bonds is 5. The summed E-state index contributed by atoms with van der Waals surface area (Å²) in [6.45, 7) is 6.06. The lowest BCUT2D eigenvalue weighted by Gasteiger charge is -2.29. The third kappa shape index (κ3) is 3.11. The highest BCUT2D eigenvalue weighted by Gasteiger charge is 2.23. The summed E-state index contributed by atoms with van der Waals surface area (Å²) in [7, 11) is 0. The van der Waals surface area contributed by atoms with Gasteiger partial charge in [0.2, 0.25) is 0 Å². The van der Waals surface area contributed by atoms with Gasteiger partial charge in [-0.3, -0.25) is 9.69 Å². The Hall–Kier alpha value is -1.46. The summed E-state index contributed by atoms with van der Waals surface area (Å²) in [5, 5.41) is 9.98. The van der Waals surface area contributed by atoms with Crippen LogP contribution in [0.5, 0.6) is 0 Å². The average Bonchev–Trinajstić information content (AvgIpc) is 2.78. The zero-order chi connectivity index (χ0) is 14.0. The van der Waals surface area contributed by atoms with Crippen LogP contribution in [0.25, 0.3) is 10.2 Å². The van der Waals surface area contributed by atoms with Gasteiger partial charge in [-0.05, 0) is 32.9 Å². The summed E-state index contributed by atoms with van der Waals surface area (Å²) in [5.41, 5.74) is 0.980. The number of para-hydroxylation sites is 1. The molecule has 2 aromatic rings. The minimum atomic E-state index is -0.804. The third-order valence-corrected chi connectivity index (χ3v) is 4.35. The number of nitrogens with zero attached hydrogens (tertiary/aromatic N) is 2. The number of aromatic nitrogens is 1. The molecule has 1 aromatic carbocycles. The van der Waals surface area contributed by atoms with Crippen LogP contribution in [0.4, 0.5) is 0 Å². The Balaban J connectivity index is 2.29. The fraction of sp³-hybridized carbons (Fsp3) is 0.429. The van der Waals surface area contributed by atoms with Gasteiger partial charge in [0, 0.05) is 6.04 Å². The van der Waals surface area contributed by atoms with Crippen LogP contribution in [-0.4, -0.2) is 33.5 Å². The second-order valence-corrected chi connectivity index (χ2v) is 5.92. The monoisotopic (exact) mass is 278 g/mol. The van der Waals surface area contributed by atoms with E-state index in [0.29, 0.717) is 0 Å². The fourth-order valence-electron chi connectivity index (χ4n) is 2.13. The first-order valence-electron chi connectivity index (χ1n) is 6.32. The standard InChI is InChI=1S/C14H18N2O2S/c1-9(2)16(8-13(17)18)10(3)14-15-11-6-4-5-7-12(11)19-14/h4-7,9-10H,8H2,1-3H3,(H,17,18). The van der Waals surface area contributed by atoms with E-state index in [2.05, 4.69) is 4.98 Å². The molecule has 0 aliphatic rings. The topological polar surface area (TPSA) is 53.4 Å². The molecule has 4 nitrogen and oxygen atoms in total. The van der Waals surface area contributed by atoms with Crippen LogP contribution in [0, 0.1) is 0 Å². The summed E-state index contributed by atoms with van der Waals surface area (Å²) in [5.74, 6) is -0.804. The lowest BCUT2D eigenvalue weighted by Crippen LogP contribution is -2.37. The molecule has 0 radical (unpaired) electrons. The van der Waals surface area contributed by atoms with Crippen molar-refractivity contribution in [1.29, 1.82) is 0 Å². The van der Waals surface area contributed by atoms with Crippen LogP contribution < -0.4 is 0 Å². The van der Waals surface area contributed by atoms with Crippen LogP contribution >= 0.6 is 11.3 Å². The lowest BCUT2D eigenvalue weighted by molar-refractivity contribution is -0.139. The summed E-state index contributed by atoms with van der Waals surface area (Å²) in [6.07, 6.45) is 0. The normalized spacial score (nSPS) is 13.3. The maximum atomic E-state index is 11.0. The smallest absolute Gasteiger partial charge is 0.317 e. The van der Waals surface area contributed by atoms with Crippen LogP contribution in [-0.2, 0) is 4.79 Å². The van der Waals surface area contributed by atoms with Crippen molar-refractivity contribution in [2.75, 3.05) is 6.54 Å². The molecule has 5 heteroatoms. The lowest BCUT2D eigenvalue weighted by atomic mass is 10.2. The van der Waals surface area contributed by atoms with Crippen molar-refractivity contribution in [3.05, 3.63) is 29.3 Å². The predicted octanol–water partition coefficient (Wildman–Crippen LogP) is 3.15. The van der Waals surface area contributed by atoms with E-state index in [1.807, 2.05) is 49.9 Å². The molecule has 0 saturated carbocycles. The number of fused-ring (bicyclic) bond motifs is 1. The highest BCUT2D eigenvalue weighted by molar-refractivity contribution is 7.18. The van der Waals surface area contributed by atoms with Gasteiger partial charge in [-0.1, -0.05) is 12.1 Å². The quantitative estimate of drug-likeness (QED) is 0.912. The summed E-state index contributed by atoms with van der Waals surface area (Å²) < 4.78 is 1.14. The average molecular weight is 278 g/mol. The van der Waals surface area contributed by atoms with Gasteiger partial charge in [0.25, 0.3) is 0 Å². The van der Waals surface area contributed by atoms with Gasteiger partial charge in [0.05, 0.1) is 22.8 Å². The third-order valence-electron chi connectivity index (χ3n) is 3.15. The Kier molecular flexibility index (Phi) is 4.17. The van der Waals surface area contributed by atoms with E-state index in [4.69, 9.17) is 5.11 Å². The van der Waals surface area contributed by atoms with Crippen LogP contribution in [0.3, 0.4) is 0 Å². The summed E-state index contributed by atoms with van der Waals surface area (Å²) >= 11 is 1.63. The van der Waals surface area contributed by atoms with Crippen molar-refractivity contribution in [1.82, 2.24) is 9.88 Å². The summed E-state index contributed by atoms with van der Waals surface area (Å²) in [4.78, 5) is 17.5. The van der Waals surface area contributed by atoms with Gasteiger partial charge in [-0.25, -0.2) is 4.98 Å². The number of aliphatic carboxylic acids is 1. The molecule has 0 fully saturated rings. The molecule has 1 unspecified atom stereocenters. The molecule has 0 aliphatic heterocycles. The molecule has 0 bridgehead atoms. The Morgan fingerprint density at radius 3 is 2.63 bits per heavy atom.